The van der Waals surface area contributed by atoms with E-state index in [1.54, 1.807) is 37.4 Å². The van der Waals surface area contributed by atoms with Crippen molar-refractivity contribution in [1.29, 1.82) is 0 Å². The van der Waals surface area contributed by atoms with Gasteiger partial charge in [-0.1, -0.05) is 36.6 Å². The van der Waals surface area contributed by atoms with Crippen LogP contribution in [0.1, 0.15) is 36.0 Å². The number of carbonyl (C=O) groups is 3. The fourth-order valence-corrected chi connectivity index (χ4v) is 2.87. The number of carbonyl (C=O) groups excluding carboxylic acids is 3. The summed E-state index contributed by atoms with van der Waals surface area (Å²) in [7, 11) is 1.56. The first-order valence-corrected chi connectivity index (χ1v) is 8.46. The highest BCUT2D eigenvalue weighted by Crippen LogP contribution is 2.18. The number of hydrogen-bond donors (Lipinski definition) is 2. The van der Waals surface area contributed by atoms with E-state index in [1.807, 2.05) is 0 Å². The first kappa shape index (κ1) is 17.8. The molecule has 2 N–H and O–H groups in total. The number of rotatable bonds is 4. The standard InChI is InChI=1S/C18H20N4O4/c1-22-15(18(25)26-21-22)11-14(17(24)19-13-9-5-6-10-13)20-16(23)12-7-3-2-4-8-12/h2-4,7-8,11,13,21H,5-6,9-10H2,1H3,(H,19,24)/b15-11+,20-14?. The first-order valence-electron chi connectivity index (χ1n) is 8.46. The van der Waals surface area contributed by atoms with Crippen LogP contribution in [-0.4, -0.2) is 41.6 Å². The molecule has 0 spiro atoms. The third kappa shape index (κ3) is 4.15. The highest BCUT2D eigenvalue weighted by atomic mass is 16.7. The molecule has 1 saturated carbocycles. The van der Waals surface area contributed by atoms with Crippen LogP contribution in [0.2, 0.25) is 0 Å². The molecule has 2 fully saturated rings. The Morgan fingerprint density at radius 2 is 1.96 bits per heavy atom. The predicted molar refractivity (Wildman–Crippen MR) is 93.7 cm³/mol. The summed E-state index contributed by atoms with van der Waals surface area (Å²) in [4.78, 5) is 45.4. The SMILES string of the molecule is CN1NOC(=O)/C1=C\C(=NC(=O)c1ccccc1)C(=O)NC1CCCC1. The number of aliphatic imine (C=N–C) groups is 1. The molecule has 0 atom stereocenters. The van der Waals surface area contributed by atoms with Gasteiger partial charge in [0.05, 0.1) is 0 Å². The van der Waals surface area contributed by atoms with E-state index in [-0.39, 0.29) is 17.5 Å². The molecule has 26 heavy (non-hydrogen) atoms. The predicted octanol–water partition coefficient (Wildman–Crippen LogP) is 1.12. The molecular formula is C18H20N4O4. The van der Waals surface area contributed by atoms with Gasteiger partial charge in [-0.2, -0.15) is 0 Å². The molecule has 3 rings (SSSR count). The fourth-order valence-electron chi connectivity index (χ4n) is 2.87. The second-order valence-corrected chi connectivity index (χ2v) is 6.19. The Balaban J connectivity index is 1.89. The van der Waals surface area contributed by atoms with Gasteiger partial charge in [0.15, 0.2) is 0 Å². The third-order valence-corrected chi connectivity index (χ3v) is 4.28. The van der Waals surface area contributed by atoms with E-state index in [2.05, 4.69) is 20.7 Å². The Morgan fingerprint density at radius 1 is 1.27 bits per heavy atom. The van der Waals surface area contributed by atoms with E-state index in [0.717, 1.165) is 25.7 Å². The summed E-state index contributed by atoms with van der Waals surface area (Å²) in [6, 6.07) is 8.50. The molecule has 136 valence electrons. The quantitative estimate of drug-likeness (QED) is 0.619. The van der Waals surface area contributed by atoms with Crippen LogP contribution in [0.3, 0.4) is 0 Å². The highest BCUT2D eigenvalue weighted by molar-refractivity contribution is 6.45. The van der Waals surface area contributed by atoms with E-state index in [9.17, 15) is 14.4 Å². The molecule has 0 bridgehead atoms. The maximum absolute atomic E-state index is 12.6. The maximum atomic E-state index is 12.6. The first-order chi connectivity index (χ1) is 12.5. The molecular weight excluding hydrogens is 336 g/mol. The number of benzene rings is 1. The summed E-state index contributed by atoms with van der Waals surface area (Å²) in [6.07, 6.45) is 5.16. The Labute approximate surface area is 150 Å². The van der Waals surface area contributed by atoms with Crippen LogP contribution in [0.25, 0.3) is 0 Å². The monoisotopic (exact) mass is 356 g/mol. The molecule has 2 aliphatic rings. The molecule has 1 aromatic rings. The lowest BCUT2D eigenvalue weighted by Gasteiger charge is -2.12. The summed E-state index contributed by atoms with van der Waals surface area (Å²) in [5.41, 5.74) is 2.68. The van der Waals surface area contributed by atoms with E-state index in [1.165, 1.54) is 11.1 Å². The normalized spacial score (nSPS) is 19.7. The summed E-state index contributed by atoms with van der Waals surface area (Å²) in [5.74, 6) is -1.69. The van der Waals surface area contributed by atoms with Crippen molar-refractivity contribution >= 4 is 23.5 Å². The highest BCUT2D eigenvalue weighted by Gasteiger charge is 2.27. The fraction of sp³-hybridized carbons (Fsp3) is 0.333. The summed E-state index contributed by atoms with van der Waals surface area (Å²) >= 11 is 0. The van der Waals surface area contributed by atoms with E-state index in [4.69, 9.17) is 0 Å². The van der Waals surface area contributed by atoms with Crippen molar-refractivity contribution in [3.8, 4) is 0 Å². The van der Waals surface area contributed by atoms with Crippen molar-refractivity contribution in [3.63, 3.8) is 0 Å². The lowest BCUT2D eigenvalue weighted by Crippen LogP contribution is -2.38. The molecule has 1 aliphatic carbocycles. The van der Waals surface area contributed by atoms with Gasteiger partial charge in [0, 0.05) is 24.7 Å². The Bertz CT molecular complexity index is 767. The van der Waals surface area contributed by atoms with Crippen LogP contribution >= 0.6 is 0 Å². The van der Waals surface area contributed by atoms with Crippen LogP contribution in [-0.2, 0) is 14.4 Å². The van der Waals surface area contributed by atoms with Gasteiger partial charge in [0.25, 0.3) is 11.8 Å². The van der Waals surface area contributed by atoms with E-state index >= 15 is 0 Å². The zero-order chi connectivity index (χ0) is 18.5. The summed E-state index contributed by atoms with van der Waals surface area (Å²) < 4.78 is 0. The zero-order valence-corrected chi connectivity index (χ0v) is 14.4. The van der Waals surface area contributed by atoms with E-state index in [0.29, 0.717) is 5.56 Å². The van der Waals surface area contributed by atoms with Crippen LogP contribution < -0.4 is 10.9 Å². The van der Waals surface area contributed by atoms with Gasteiger partial charge in [0.2, 0.25) is 0 Å². The lowest BCUT2D eigenvalue weighted by atomic mass is 10.2. The second kappa shape index (κ2) is 7.92. The molecule has 2 amide bonds. The molecule has 8 nitrogen and oxygen atoms in total. The average Bonchev–Trinajstić information content (AvgIpc) is 3.26. The van der Waals surface area contributed by atoms with Crippen molar-refractivity contribution < 1.29 is 19.2 Å². The third-order valence-electron chi connectivity index (χ3n) is 4.28. The van der Waals surface area contributed by atoms with Gasteiger partial charge in [-0.05, 0) is 25.0 Å². The minimum atomic E-state index is -0.652. The molecule has 1 saturated heterocycles. The number of hydrogen-bond acceptors (Lipinski definition) is 6. The molecule has 1 aromatic carbocycles. The number of nitrogens with zero attached hydrogens (tertiary/aromatic N) is 2. The van der Waals surface area contributed by atoms with Crippen LogP contribution in [0.4, 0.5) is 0 Å². The molecule has 0 radical (unpaired) electrons. The average molecular weight is 356 g/mol. The molecule has 8 heteroatoms. The van der Waals surface area contributed by atoms with Crippen molar-refractivity contribution in [3.05, 3.63) is 47.7 Å². The Morgan fingerprint density at radius 3 is 2.58 bits per heavy atom. The molecule has 0 unspecified atom stereocenters. The molecule has 1 heterocycles. The maximum Gasteiger partial charge on any atom is 0.376 e. The van der Waals surface area contributed by atoms with Crippen LogP contribution in [0, 0.1) is 0 Å². The second-order valence-electron chi connectivity index (χ2n) is 6.19. The minimum absolute atomic E-state index is 0.0595. The van der Waals surface area contributed by atoms with Gasteiger partial charge in [-0.15, -0.1) is 0 Å². The van der Waals surface area contributed by atoms with E-state index < -0.39 is 17.8 Å². The number of nitrogens with one attached hydrogen (secondary N) is 2. The van der Waals surface area contributed by atoms with Gasteiger partial charge in [-0.3, -0.25) is 14.6 Å². The van der Waals surface area contributed by atoms with Gasteiger partial charge < -0.3 is 10.2 Å². The van der Waals surface area contributed by atoms with Crippen molar-refractivity contribution in [2.45, 2.75) is 31.7 Å². The smallest absolute Gasteiger partial charge is 0.348 e. The van der Waals surface area contributed by atoms with Crippen molar-refractivity contribution in [1.82, 2.24) is 15.9 Å². The molecule has 1 aliphatic heterocycles. The van der Waals surface area contributed by atoms with Gasteiger partial charge >= 0.3 is 5.97 Å². The zero-order valence-electron chi connectivity index (χ0n) is 14.4. The summed E-state index contributed by atoms with van der Waals surface area (Å²) in [6.45, 7) is 0. The number of likely N-dealkylation sites (N-methyl/N-ethyl adjacent to an activating group) is 1. The van der Waals surface area contributed by atoms with Gasteiger partial charge in [0.1, 0.15) is 11.4 Å². The molecule has 0 aromatic heterocycles. The van der Waals surface area contributed by atoms with Crippen LogP contribution in [0.15, 0.2) is 47.1 Å². The summed E-state index contributed by atoms with van der Waals surface area (Å²) in [5, 5.41) is 4.20. The van der Waals surface area contributed by atoms with Crippen molar-refractivity contribution in [2.24, 2.45) is 4.99 Å². The minimum Gasteiger partial charge on any atom is -0.348 e. The largest absolute Gasteiger partial charge is 0.376 e. The van der Waals surface area contributed by atoms with Crippen molar-refractivity contribution in [2.75, 3.05) is 7.05 Å². The topological polar surface area (TPSA) is 100 Å². The number of amides is 2. The van der Waals surface area contributed by atoms with Gasteiger partial charge in [-0.25, -0.2) is 9.79 Å². The Kier molecular flexibility index (Phi) is 5.43. The Hall–Kier alpha value is -3.00. The van der Waals surface area contributed by atoms with Crippen LogP contribution in [0.5, 0.6) is 0 Å². The number of hydrazine groups is 1. The lowest BCUT2D eigenvalue weighted by molar-refractivity contribution is -0.142.